The van der Waals surface area contributed by atoms with Crippen molar-refractivity contribution < 1.29 is 6.51 Å². The van der Waals surface area contributed by atoms with E-state index >= 15 is 0 Å². The fourth-order valence-corrected chi connectivity index (χ4v) is 111. The van der Waals surface area contributed by atoms with E-state index in [2.05, 4.69) is 124 Å². The number of fused-ring (bicyclic) bond motifs is 12. The maximum atomic E-state index is 5.67. The monoisotopic (exact) mass is 644 g/mol. The Balaban J connectivity index is 1.11. The van der Waals surface area contributed by atoms with Gasteiger partial charge in [0.05, 0.1) is 0 Å². The summed E-state index contributed by atoms with van der Waals surface area (Å²) in [5, 5.41) is 3.09. The normalized spacial score (nSPS) is 57.5. The molecule has 2 aromatic carbocycles. The van der Waals surface area contributed by atoms with Gasteiger partial charge in [0, 0.05) is 0 Å². The molecule has 0 radical (unpaired) electrons. The molecule has 0 aliphatic carbocycles. The van der Waals surface area contributed by atoms with E-state index in [1.165, 1.54) is 55.9 Å². The zero-order valence-corrected chi connectivity index (χ0v) is 29.2. The van der Waals surface area contributed by atoms with Crippen LogP contribution in [0, 0.1) is 0 Å². The molecule has 0 amide bonds. The predicted octanol–water partition coefficient (Wildman–Crippen LogP) is 11.1. The second kappa shape index (κ2) is 3.58. The van der Waals surface area contributed by atoms with Crippen LogP contribution in [0.3, 0.4) is 0 Å². The third-order valence-electron chi connectivity index (χ3n) is 21.8. The molecule has 0 saturated carbocycles. The van der Waals surface area contributed by atoms with Crippen LogP contribution in [-0.2, 0) is 11.7 Å². The minimum atomic E-state index is -3.98. The Hall–Kier alpha value is -1.36. The van der Waals surface area contributed by atoms with E-state index in [0.29, 0.717) is 18.9 Å². The van der Waals surface area contributed by atoms with Crippen LogP contribution in [0.25, 0.3) is 21.8 Å². The van der Waals surface area contributed by atoms with Crippen molar-refractivity contribution in [3.63, 3.8) is 0 Å². The summed E-state index contributed by atoms with van der Waals surface area (Å²) in [6.07, 6.45) is 1.56. The zero-order valence-electron chi connectivity index (χ0n) is 26.0. The first-order valence-corrected chi connectivity index (χ1v) is 25.0. The SMILES string of the molecule is CC(C)(C)P(C[C]12[CH]3[CH]4[CH]5[C]1(C(P)(c1ccc6ccccc6n1)c1ccc6ccccc6n1)[Fe]43521678[CH]2[CH]1[CH]6[CH]7[CH]28)C(C)(C)C. The molecule has 10 fully saturated rings. The molecule has 2 aromatic heterocycles. The van der Waals surface area contributed by atoms with Crippen molar-refractivity contribution in [1.29, 1.82) is 0 Å². The summed E-state index contributed by atoms with van der Waals surface area (Å²) >= 11 is 0. The fourth-order valence-electron chi connectivity index (χ4n) is 23.4. The van der Waals surface area contributed by atoms with Crippen LogP contribution in [0.5, 0.6) is 0 Å². The molecule has 4 aromatic rings. The second-order valence-corrected chi connectivity index (χ2v) is 48.5. The minimum absolute atomic E-state index is 0.137. The van der Waals surface area contributed by atoms with Crippen LogP contribution in [0.2, 0.25) is 47.2 Å². The number of hydrogen-bond acceptors (Lipinski definition) is 2. The predicted molar refractivity (Wildman–Crippen MR) is 181 cm³/mol. The summed E-state index contributed by atoms with van der Waals surface area (Å²) in [6, 6.07) is 27.3. The number of pyridine rings is 2. The Bertz CT molecular complexity index is 2390. The van der Waals surface area contributed by atoms with E-state index in [9.17, 15) is 0 Å². The second-order valence-electron chi connectivity index (χ2n) is 20.4. The van der Waals surface area contributed by atoms with Gasteiger partial charge >= 0.3 is 250 Å². The van der Waals surface area contributed by atoms with Gasteiger partial charge in [0.1, 0.15) is 0 Å². The Labute approximate surface area is 248 Å². The Morgan fingerprint density at radius 3 is 1.53 bits per heavy atom. The molecule has 10 saturated heterocycles. The molecular formula is C38H42FeN2P2. The van der Waals surface area contributed by atoms with Gasteiger partial charge in [0.2, 0.25) is 0 Å². The molecule has 6 atom stereocenters. The number of aromatic nitrogens is 2. The van der Waals surface area contributed by atoms with Crippen molar-refractivity contribution in [2.24, 2.45) is 0 Å². The van der Waals surface area contributed by atoms with Crippen LogP contribution in [0.1, 0.15) is 52.9 Å². The average Bonchev–Trinajstić information content (AvgIpc) is 3.92. The molecule has 2 nitrogen and oxygen atoms in total. The molecular weight excluding hydrogens is 602 g/mol. The van der Waals surface area contributed by atoms with Gasteiger partial charge < -0.3 is 0 Å². The van der Waals surface area contributed by atoms with Gasteiger partial charge in [0.25, 0.3) is 0 Å². The molecule has 0 N–H and O–H groups in total. The molecule has 10 aliphatic rings. The molecule has 5 heteroatoms. The van der Waals surface area contributed by atoms with Crippen molar-refractivity contribution in [2.75, 3.05) is 6.16 Å². The molecule has 0 bridgehead atoms. The number of hydrogen-bond donors (Lipinski definition) is 0. The fraction of sp³-hybridized carbons (Fsp3) is 0.526. The number of para-hydroxylation sites is 2. The molecule has 14 rings (SSSR count). The van der Waals surface area contributed by atoms with Crippen molar-refractivity contribution in [3.8, 4) is 0 Å². The topological polar surface area (TPSA) is 25.8 Å². The van der Waals surface area contributed by atoms with Crippen LogP contribution in [-0.4, -0.2) is 26.4 Å². The molecule has 222 valence electrons. The van der Waals surface area contributed by atoms with Crippen LogP contribution in [0.15, 0.2) is 72.8 Å². The summed E-state index contributed by atoms with van der Waals surface area (Å²) in [5.74, 6) is 0. The van der Waals surface area contributed by atoms with Crippen molar-refractivity contribution in [1.82, 2.24) is 9.97 Å². The third kappa shape index (κ3) is 0.658. The van der Waals surface area contributed by atoms with Gasteiger partial charge in [-0.2, -0.15) is 0 Å². The quantitative estimate of drug-likeness (QED) is 0.160. The van der Waals surface area contributed by atoms with E-state index in [1.54, 1.807) is 6.16 Å². The van der Waals surface area contributed by atoms with E-state index in [1.807, 2.05) is 0 Å². The molecule has 12 heterocycles. The van der Waals surface area contributed by atoms with Crippen LogP contribution < -0.4 is 0 Å². The first-order valence-electron chi connectivity index (χ1n) is 16.7. The van der Waals surface area contributed by atoms with Gasteiger partial charge in [-0.3, -0.25) is 0 Å². The first-order chi connectivity index (χ1) is 20.2. The van der Waals surface area contributed by atoms with Crippen LogP contribution in [0.4, 0.5) is 0 Å². The Morgan fingerprint density at radius 2 is 1.12 bits per heavy atom. The van der Waals surface area contributed by atoms with E-state index in [-0.39, 0.29) is 13.1 Å². The van der Waals surface area contributed by atoms with Gasteiger partial charge in [-0.1, -0.05) is 0 Å². The number of benzene rings is 2. The third-order valence-corrected chi connectivity index (χ3v) is 70.9. The summed E-state index contributed by atoms with van der Waals surface area (Å²) in [7, 11) is 3.55. The average molecular weight is 645 g/mol. The summed E-state index contributed by atoms with van der Waals surface area (Å²) in [6.45, 7) is 11.5. The Kier molecular flexibility index (Phi) is 1.92. The van der Waals surface area contributed by atoms with Gasteiger partial charge in [-0.25, -0.2) is 0 Å². The van der Waals surface area contributed by atoms with E-state index in [0.717, 1.165) is 15.8 Å². The van der Waals surface area contributed by atoms with Gasteiger partial charge in [0.15, 0.2) is 0 Å². The van der Waals surface area contributed by atoms with Crippen molar-refractivity contribution in [3.05, 3.63) is 84.2 Å². The number of nitrogens with zero attached hydrogens (tertiary/aromatic N) is 2. The molecule has 6 unspecified atom stereocenters. The summed E-state index contributed by atoms with van der Waals surface area (Å²) in [5.41, 5.74) is 4.95. The summed E-state index contributed by atoms with van der Waals surface area (Å²) in [4.78, 5) is 21.0. The summed E-state index contributed by atoms with van der Waals surface area (Å²) < 4.78 is 1.17. The van der Waals surface area contributed by atoms with Gasteiger partial charge in [-0.05, 0) is 0 Å². The van der Waals surface area contributed by atoms with E-state index < -0.39 is 6.51 Å². The van der Waals surface area contributed by atoms with Gasteiger partial charge in [-0.15, -0.1) is 0 Å². The van der Waals surface area contributed by atoms with Crippen LogP contribution >= 0.6 is 17.2 Å². The maximum absolute atomic E-state index is 5.67. The zero-order chi connectivity index (χ0) is 29.1. The van der Waals surface area contributed by atoms with Crippen molar-refractivity contribution >= 4 is 39.0 Å². The molecule has 43 heavy (non-hydrogen) atoms. The van der Waals surface area contributed by atoms with E-state index in [4.69, 9.17) is 9.97 Å². The van der Waals surface area contributed by atoms with Crippen molar-refractivity contribution in [2.45, 2.75) is 104 Å². The number of rotatable bonds is 5. The molecule has 10 aliphatic heterocycles. The Morgan fingerprint density at radius 1 is 0.651 bits per heavy atom. The molecule has 1 spiro atoms. The standard InChI is InChI=1S/C33H37N2P2.C5H5.Fe/c1-31(2,3)37(32(4,5)6)22-25-14-11-15-26(25)33(36,29-20-18-23-12-7-9-16-27(23)34-29)30-21-19-24-13-8-10-17-28(24)35-30;1-2-4-5-3-1;/h7-21H,22,36H2,1-6H3;1-5H;. The first kappa shape index (κ1) is 23.0.